The molecule has 0 amide bonds. The molecule has 0 saturated heterocycles. The van der Waals surface area contributed by atoms with Crippen molar-refractivity contribution in [3.05, 3.63) is 22.7 Å². The zero-order valence-electron chi connectivity index (χ0n) is 8.15. The van der Waals surface area contributed by atoms with Gasteiger partial charge in [-0.25, -0.2) is 8.42 Å². The number of ether oxygens (including phenoxy) is 1. The minimum atomic E-state index is -3.47. The molecule has 0 spiro atoms. The quantitative estimate of drug-likeness (QED) is 0.762. The second-order valence-electron chi connectivity index (χ2n) is 2.92. The number of methoxy groups -OCH3 is 1. The summed E-state index contributed by atoms with van der Waals surface area (Å²) >= 11 is 5.77. The zero-order valence-corrected chi connectivity index (χ0v) is 9.72. The number of benzene rings is 1. The average Bonchev–Trinajstić information content (AvgIpc) is 2.15. The summed E-state index contributed by atoms with van der Waals surface area (Å²) in [6, 6.07) is 2.58. The lowest BCUT2D eigenvalue weighted by Gasteiger charge is -2.09. The Bertz CT molecular complexity index is 493. The molecule has 0 bridgehead atoms. The van der Waals surface area contributed by atoms with Crippen molar-refractivity contribution in [1.82, 2.24) is 0 Å². The number of hydrogen-bond donors (Lipinski definition) is 0. The summed E-state index contributed by atoms with van der Waals surface area (Å²) in [7, 11) is -2.15. The molecule has 0 unspecified atom stereocenters. The molecule has 6 heteroatoms. The second kappa shape index (κ2) is 4.20. The Morgan fingerprint density at radius 1 is 1.40 bits per heavy atom. The fourth-order valence-corrected chi connectivity index (χ4v) is 2.37. The van der Waals surface area contributed by atoms with Gasteiger partial charge in [0.1, 0.15) is 11.2 Å². The molecule has 82 valence electrons. The number of halogens is 1. The third-order valence-corrected chi connectivity index (χ3v) is 3.15. The van der Waals surface area contributed by atoms with Crippen LogP contribution in [0.25, 0.3) is 0 Å². The Labute approximate surface area is 92.7 Å². The van der Waals surface area contributed by atoms with Gasteiger partial charge in [-0.2, -0.15) is 0 Å². The monoisotopic (exact) mass is 248 g/mol. The lowest BCUT2D eigenvalue weighted by Crippen LogP contribution is -2.02. The number of aldehydes is 1. The van der Waals surface area contributed by atoms with Crippen molar-refractivity contribution in [2.75, 3.05) is 13.4 Å². The van der Waals surface area contributed by atoms with E-state index in [1.165, 1.54) is 19.2 Å². The molecule has 0 saturated carbocycles. The first-order valence-corrected chi connectivity index (χ1v) is 6.20. The van der Waals surface area contributed by atoms with Crippen molar-refractivity contribution in [2.24, 2.45) is 0 Å². The van der Waals surface area contributed by atoms with Crippen LogP contribution in [0.5, 0.6) is 5.75 Å². The second-order valence-corrected chi connectivity index (χ2v) is 5.32. The number of sulfone groups is 1. The van der Waals surface area contributed by atoms with Crippen molar-refractivity contribution < 1.29 is 17.9 Å². The molecule has 0 fully saturated rings. The molecular weight excluding hydrogens is 240 g/mol. The normalized spacial score (nSPS) is 11.1. The van der Waals surface area contributed by atoms with Crippen molar-refractivity contribution in [3.63, 3.8) is 0 Å². The van der Waals surface area contributed by atoms with Gasteiger partial charge in [0.25, 0.3) is 0 Å². The maximum atomic E-state index is 11.4. The summed E-state index contributed by atoms with van der Waals surface area (Å²) in [5.41, 5.74) is 0.196. The van der Waals surface area contributed by atoms with Crippen LogP contribution in [0.3, 0.4) is 0 Å². The topological polar surface area (TPSA) is 60.4 Å². The molecular formula is C9H9ClO4S. The van der Waals surface area contributed by atoms with Crippen molar-refractivity contribution >= 4 is 27.7 Å². The van der Waals surface area contributed by atoms with E-state index in [1.54, 1.807) is 0 Å². The van der Waals surface area contributed by atoms with Gasteiger partial charge in [-0.3, -0.25) is 4.79 Å². The molecule has 0 aliphatic carbocycles. The van der Waals surface area contributed by atoms with Crippen molar-refractivity contribution in [3.8, 4) is 5.75 Å². The van der Waals surface area contributed by atoms with Crippen molar-refractivity contribution in [1.29, 1.82) is 0 Å². The van der Waals surface area contributed by atoms with Gasteiger partial charge in [-0.1, -0.05) is 11.6 Å². The molecule has 0 aliphatic rings. The molecule has 1 aromatic rings. The predicted octanol–water partition coefficient (Wildman–Crippen LogP) is 1.56. The highest BCUT2D eigenvalue weighted by atomic mass is 35.5. The highest BCUT2D eigenvalue weighted by Gasteiger charge is 2.18. The highest BCUT2D eigenvalue weighted by Crippen LogP contribution is 2.32. The lowest BCUT2D eigenvalue weighted by atomic mass is 10.2. The van der Waals surface area contributed by atoms with Crippen LogP contribution in [0, 0.1) is 0 Å². The van der Waals surface area contributed by atoms with E-state index in [2.05, 4.69) is 0 Å². The third-order valence-electron chi connectivity index (χ3n) is 1.77. The smallest absolute Gasteiger partial charge is 0.179 e. The summed E-state index contributed by atoms with van der Waals surface area (Å²) in [5, 5.41) is 0.0996. The fraction of sp³-hybridized carbons (Fsp3) is 0.222. The molecule has 0 aromatic heterocycles. The zero-order chi connectivity index (χ0) is 11.6. The molecule has 0 aliphatic heterocycles. The maximum absolute atomic E-state index is 11.4. The Morgan fingerprint density at radius 3 is 2.40 bits per heavy atom. The van der Waals surface area contributed by atoms with Crippen LogP contribution in [-0.2, 0) is 9.84 Å². The molecule has 0 atom stereocenters. The average molecular weight is 249 g/mol. The third kappa shape index (κ3) is 2.49. The van der Waals surface area contributed by atoms with Crippen LogP contribution in [-0.4, -0.2) is 28.1 Å². The van der Waals surface area contributed by atoms with Gasteiger partial charge in [0.15, 0.2) is 15.6 Å². The summed E-state index contributed by atoms with van der Waals surface area (Å²) in [4.78, 5) is 10.5. The maximum Gasteiger partial charge on any atom is 0.179 e. The first-order chi connectivity index (χ1) is 6.90. The van der Waals surface area contributed by atoms with Crippen LogP contribution >= 0.6 is 11.6 Å². The van der Waals surface area contributed by atoms with Crippen LogP contribution < -0.4 is 4.74 Å². The Morgan fingerprint density at radius 2 is 2.00 bits per heavy atom. The number of hydrogen-bond acceptors (Lipinski definition) is 4. The molecule has 0 radical (unpaired) electrons. The van der Waals surface area contributed by atoms with Gasteiger partial charge in [0.2, 0.25) is 0 Å². The van der Waals surface area contributed by atoms with Crippen LogP contribution in [0.1, 0.15) is 10.4 Å². The predicted molar refractivity (Wildman–Crippen MR) is 56.5 cm³/mol. The summed E-state index contributed by atoms with van der Waals surface area (Å²) in [6.07, 6.45) is 1.55. The largest absolute Gasteiger partial charge is 0.494 e. The molecule has 1 rings (SSSR count). The summed E-state index contributed by atoms with van der Waals surface area (Å²) in [5.74, 6) is 0.0600. The molecule has 15 heavy (non-hydrogen) atoms. The summed E-state index contributed by atoms with van der Waals surface area (Å²) in [6.45, 7) is 0. The van der Waals surface area contributed by atoms with Gasteiger partial charge in [0, 0.05) is 11.8 Å². The highest BCUT2D eigenvalue weighted by molar-refractivity contribution is 7.90. The molecule has 1 aromatic carbocycles. The minimum absolute atomic E-state index is 0.0600. The first kappa shape index (κ1) is 12.0. The van der Waals surface area contributed by atoms with E-state index >= 15 is 0 Å². The van der Waals surface area contributed by atoms with E-state index in [1.807, 2.05) is 0 Å². The molecule has 0 heterocycles. The molecule has 0 N–H and O–H groups in total. The van der Waals surface area contributed by atoms with Crippen LogP contribution in [0.2, 0.25) is 5.02 Å². The van der Waals surface area contributed by atoms with E-state index in [0.29, 0.717) is 6.29 Å². The lowest BCUT2D eigenvalue weighted by molar-refractivity contribution is 0.112. The Hall–Kier alpha value is -1.07. The van der Waals surface area contributed by atoms with Crippen LogP contribution in [0.15, 0.2) is 17.0 Å². The van der Waals surface area contributed by atoms with Gasteiger partial charge in [-0.05, 0) is 12.1 Å². The first-order valence-electron chi connectivity index (χ1n) is 3.93. The summed E-state index contributed by atoms with van der Waals surface area (Å²) < 4.78 is 27.6. The Kier molecular flexibility index (Phi) is 3.36. The van der Waals surface area contributed by atoms with Gasteiger partial charge in [-0.15, -0.1) is 0 Å². The van der Waals surface area contributed by atoms with E-state index in [0.717, 1.165) is 6.26 Å². The van der Waals surface area contributed by atoms with E-state index in [4.69, 9.17) is 16.3 Å². The van der Waals surface area contributed by atoms with E-state index < -0.39 is 9.84 Å². The SMILES string of the molecule is COc1c(Cl)cc(C=O)cc1S(C)(=O)=O. The van der Waals surface area contributed by atoms with Crippen LogP contribution in [0.4, 0.5) is 0 Å². The fourth-order valence-electron chi connectivity index (χ4n) is 1.13. The minimum Gasteiger partial charge on any atom is -0.494 e. The number of rotatable bonds is 3. The van der Waals surface area contributed by atoms with Gasteiger partial charge < -0.3 is 4.74 Å². The number of carbonyl (C=O) groups is 1. The van der Waals surface area contributed by atoms with Gasteiger partial charge in [0.05, 0.1) is 12.1 Å². The van der Waals surface area contributed by atoms with Crippen molar-refractivity contribution in [2.45, 2.75) is 4.90 Å². The van der Waals surface area contributed by atoms with E-state index in [-0.39, 0.29) is 21.2 Å². The number of carbonyl (C=O) groups excluding carboxylic acids is 1. The standard InChI is InChI=1S/C9H9ClO4S/c1-14-9-7(10)3-6(5-11)4-8(9)15(2,12)13/h3-5H,1-2H3. The Balaban J connectivity index is 3.60. The molecule has 4 nitrogen and oxygen atoms in total. The van der Waals surface area contributed by atoms with E-state index in [9.17, 15) is 13.2 Å². The van der Waals surface area contributed by atoms with Gasteiger partial charge >= 0.3 is 0 Å².